The second-order valence-electron chi connectivity index (χ2n) is 5.68. The van der Waals surface area contributed by atoms with Gasteiger partial charge >= 0.3 is 0 Å². The van der Waals surface area contributed by atoms with Crippen molar-refractivity contribution in [2.45, 2.75) is 6.54 Å². The van der Waals surface area contributed by atoms with Crippen LogP contribution < -0.4 is 5.32 Å². The topological polar surface area (TPSA) is 72.2 Å². The van der Waals surface area contributed by atoms with Crippen molar-refractivity contribution in [1.82, 2.24) is 24.7 Å². The lowest BCUT2D eigenvalue weighted by atomic mass is 10.1. The summed E-state index contributed by atoms with van der Waals surface area (Å²) in [6.45, 7) is 0.365. The van der Waals surface area contributed by atoms with Crippen molar-refractivity contribution in [1.29, 1.82) is 0 Å². The average Bonchev–Trinajstić information content (AvgIpc) is 3.12. The summed E-state index contributed by atoms with van der Waals surface area (Å²) in [5.74, 6) is -0.609. The summed E-state index contributed by atoms with van der Waals surface area (Å²) in [4.78, 5) is 25.1. The molecule has 0 aliphatic rings. The number of aromatic nitrogens is 4. The van der Waals surface area contributed by atoms with Crippen LogP contribution in [-0.2, 0) is 6.54 Å². The van der Waals surface area contributed by atoms with Crippen LogP contribution in [0.1, 0.15) is 16.1 Å². The SMILES string of the molecule is O=C(NCc1cccnc1)c1cn2ccnc(-c3ccc(F)cc3)c2n1. The summed E-state index contributed by atoms with van der Waals surface area (Å²) in [7, 11) is 0. The van der Waals surface area contributed by atoms with Crippen LogP contribution in [0, 0.1) is 5.82 Å². The Bertz CT molecular complexity index is 1060. The van der Waals surface area contributed by atoms with E-state index in [0.29, 0.717) is 17.9 Å². The first kappa shape index (κ1) is 15.9. The molecular formula is C19H14FN5O. The fraction of sp³-hybridized carbons (Fsp3) is 0.0526. The van der Waals surface area contributed by atoms with Crippen LogP contribution in [0.25, 0.3) is 16.9 Å². The number of imidazole rings is 1. The highest BCUT2D eigenvalue weighted by atomic mass is 19.1. The molecule has 0 saturated heterocycles. The van der Waals surface area contributed by atoms with Crippen LogP contribution in [0.15, 0.2) is 67.4 Å². The maximum absolute atomic E-state index is 13.2. The summed E-state index contributed by atoms with van der Waals surface area (Å²) in [5.41, 5.74) is 3.03. The monoisotopic (exact) mass is 347 g/mol. The van der Waals surface area contributed by atoms with E-state index < -0.39 is 0 Å². The van der Waals surface area contributed by atoms with E-state index in [0.717, 1.165) is 11.1 Å². The number of nitrogens with one attached hydrogen (secondary N) is 1. The van der Waals surface area contributed by atoms with E-state index in [9.17, 15) is 9.18 Å². The third-order valence-electron chi connectivity index (χ3n) is 3.90. The van der Waals surface area contributed by atoms with Gasteiger partial charge in [0, 0.05) is 43.1 Å². The van der Waals surface area contributed by atoms with Crippen molar-refractivity contribution in [3.05, 3.63) is 84.5 Å². The van der Waals surface area contributed by atoms with Crippen molar-refractivity contribution in [2.24, 2.45) is 0 Å². The standard InChI is InChI=1S/C19H14FN5O/c20-15-5-3-14(4-6-15)17-18-24-16(12-25(18)9-8-22-17)19(26)23-11-13-2-1-7-21-10-13/h1-10,12H,11H2,(H,23,26). The molecule has 0 fully saturated rings. The zero-order valence-electron chi connectivity index (χ0n) is 13.6. The van der Waals surface area contributed by atoms with Gasteiger partial charge < -0.3 is 9.72 Å². The van der Waals surface area contributed by atoms with E-state index in [2.05, 4.69) is 20.3 Å². The first-order valence-corrected chi connectivity index (χ1v) is 7.97. The van der Waals surface area contributed by atoms with E-state index in [1.807, 2.05) is 12.1 Å². The number of benzene rings is 1. The van der Waals surface area contributed by atoms with Crippen molar-refractivity contribution in [3.8, 4) is 11.3 Å². The highest BCUT2D eigenvalue weighted by Crippen LogP contribution is 2.22. The molecule has 4 aromatic rings. The van der Waals surface area contributed by atoms with Gasteiger partial charge in [-0.2, -0.15) is 0 Å². The normalized spacial score (nSPS) is 10.8. The molecule has 4 rings (SSSR count). The third-order valence-corrected chi connectivity index (χ3v) is 3.90. The Kier molecular flexibility index (Phi) is 4.10. The van der Waals surface area contributed by atoms with Crippen LogP contribution in [0.4, 0.5) is 4.39 Å². The molecule has 0 spiro atoms. The number of carbonyl (C=O) groups excluding carboxylic acids is 1. The Morgan fingerprint density at radius 1 is 1.15 bits per heavy atom. The van der Waals surface area contributed by atoms with Gasteiger partial charge in [-0.1, -0.05) is 6.07 Å². The van der Waals surface area contributed by atoms with Gasteiger partial charge in [0.1, 0.15) is 17.2 Å². The quantitative estimate of drug-likeness (QED) is 0.616. The van der Waals surface area contributed by atoms with Gasteiger partial charge in [-0.25, -0.2) is 9.37 Å². The van der Waals surface area contributed by atoms with Gasteiger partial charge in [-0.05, 0) is 35.9 Å². The van der Waals surface area contributed by atoms with Crippen LogP contribution >= 0.6 is 0 Å². The van der Waals surface area contributed by atoms with E-state index in [-0.39, 0.29) is 17.4 Å². The van der Waals surface area contributed by atoms with E-state index in [1.54, 1.807) is 47.5 Å². The molecule has 0 unspecified atom stereocenters. The average molecular weight is 347 g/mol. The predicted molar refractivity (Wildman–Crippen MR) is 93.8 cm³/mol. The van der Waals surface area contributed by atoms with Crippen molar-refractivity contribution in [2.75, 3.05) is 0 Å². The number of hydrogen-bond acceptors (Lipinski definition) is 4. The Hall–Kier alpha value is -3.61. The second-order valence-corrected chi connectivity index (χ2v) is 5.68. The van der Waals surface area contributed by atoms with Gasteiger partial charge in [0.15, 0.2) is 5.65 Å². The molecule has 7 heteroatoms. The molecule has 0 radical (unpaired) electrons. The van der Waals surface area contributed by atoms with Gasteiger partial charge in [-0.3, -0.25) is 14.8 Å². The van der Waals surface area contributed by atoms with Gasteiger partial charge in [-0.15, -0.1) is 0 Å². The molecule has 1 amide bonds. The molecule has 128 valence electrons. The molecule has 0 aliphatic carbocycles. The fourth-order valence-corrected chi connectivity index (χ4v) is 2.62. The number of carbonyl (C=O) groups is 1. The molecule has 0 atom stereocenters. The number of hydrogen-bond donors (Lipinski definition) is 1. The van der Waals surface area contributed by atoms with Crippen LogP contribution in [0.2, 0.25) is 0 Å². The van der Waals surface area contributed by atoms with Crippen LogP contribution in [0.5, 0.6) is 0 Å². The first-order chi connectivity index (χ1) is 12.7. The second kappa shape index (κ2) is 6.72. The molecule has 0 bridgehead atoms. The largest absolute Gasteiger partial charge is 0.347 e. The molecular weight excluding hydrogens is 333 g/mol. The number of nitrogens with zero attached hydrogens (tertiary/aromatic N) is 4. The van der Waals surface area contributed by atoms with E-state index in [4.69, 9.17) is 0 Å². The van der Waals surface area contributed by atoms with Crippen molar-refractivity contribution < 1.29 is 9.18 Å². The zero-order valence-corrected chi connectivity index (χ0v) is 13.6. The molecule has 1 aromatic carbocycles. The minimum absolute atomic E-state index is 0.283. The Balaban J connectivity index is 1.62. The first-order valence-electron chi connectivity index (χ1n) is 7.97. The fourth-order valence-electron chi connectivity index (χ4n) is 2.62. The summed E-state index contributed by atoms with van der Waals surface area (Å²) in [6, 6.07) is 9.69. The number of fused-ring (bicyclic) bond motifs is 1. The molecule has 0 saturated carbocycles. The van der Waals surface area contributed by atoms with Gasteiger partial charge in [0.25, 0.3) is 5.91 Å². The summed E-state index contributed by atoms with van der Waals surface area (Å²) >= 11 is 0. The molecule has 26 heavy (non-hydrogen) atoms. The highest BCUT2D eigenvalue weighted by molar-refractivity contribution is 5.93. The lowest BCUT2D eigenvalue weighted by Gasteiger charge is -2.02. The maximum atomic E-state index is 13.2. The number of rotatable bonds is 4. The molecule has 0 aliphatic heterocycles. The maximum Gasteiger partial charge on any atom is 0.271 e. The molecule has 6 nitrogen and oxygen atoms in total. The van der Waals surface area contributed by atoms with Crippen molar-refractivity contribution >= 4 is 11.6 Å². The minimum atomic E-state index is -0.320. The Morgan fingerprint density at radius 2 is 2.00 bits per heavy atom. The van der Waals surface area contributed by atoms with Crippen LogP contribution in [-0.4, -0.2) is 25.3 Å². The summed E-state index contributed by atoms with van der Waals surface area (Å²) < 4.78 is 14.9. The number of amides is 1. The van der Waals surface area contributed by atoms with Crippen LogP contribution in [0.3, 0.4) is 0 Å². The minimum Gasteiger partial charge on any atom is -0.347 e. The lowest BCUT2D eigenvalue weighted by molar-refractivity contribution is 0.0946. The van der Waals surface area contributed by atoms with Crippen molar-refractivity contribution in [3.63, 3.8) is 0 Å². The number of halogens is 1. The molecule has 3 heterocycles. The third kappa shape index (κ3) is 3.14. The highest BCUT2D eigenvalue weighted by Gasteiger charge is 2.14. The summed E-state index contributed by atoms with van der Waals surface area (Å²) in [5, 5.41) is 2.82. The van der Waals surface area contributed by atoms with E-state index in [1.165, 1.54) is 12.1 Å². The predicted octanol–water partition coefficient (Wildman–Crippen LogP) is 2.86. The van der Waals surface area contributed by atoms with E-state index >= 15 is 0 Å². The summed E-state index contributed by atoms with van der Waals surface area (Å²) in [6.07, 6.45) is 8.35. The Labute approximate surface area is 148 Å². The lowest BCUT2D eigenvalue weighted by Crippen LogP contribution is -2.23. The molecule has 1 N–H and O–H groups in total. The number of pyridine rings is 1. The van der Waals surface area contributed by atoms with Gasteiger partial charge in [0.05, 0.1) is 0 Å². The Morgan fingerprint density at radius 3 is 2.77 bits per heavy atom. The smallest absolute Gasteiger partial charge is 0.271 e. The zero-order chi connectivity index (χ0) is 17.9. The van der Waals surface area contributed by atoms with Gasteiger partial charge in [0.2, 0.25) is 0 Å². The molecule has 3 aromatic heterocycles.